The molecule has 3 rings (SSSR count). The number of hydrogen-bond donors (Lipinski definition) is 1. The molecule has 0 spiro atoms. The largest absolute Gasteiger partial charge is 0.493 e. The molecule has 0 aliphatic carbocycles. The van der Waals surface area contributed by atoms with Crippen molar-refractivity contribution in [3.63, 3.8) is 0 Å². The number of hydrogen-bond acceptors (Lipinski definition) is 8. The lowest BCUT2D eigenvalue weighted by molar-refractivity contribution is -0.142. The molecule has 2 aromatic carbocycles. The van der Waals surface area contributed by atoms with Gasteiger partial charge in [0.1, 0.15) is 6.61 Å². The molecule has 3 aromatic rings. The van der Waals surface area contributed by atoms with Crippen molar-refractivity contribution >= 4 is 28.7 Å². The lowest BCUT2D eigenvalue weighted by atomic mass is 10.1. The van der Waals surface area contributed by atoms with Crippen LogP contribution in [0.3, 0.4) is 0 Å². The topological polar surface area (TPSA) is 82.0 Å². The zero-order valence-corrected chi connectivity index (χ0v) is 18.6. The fraction of sp³-hybridized carbons (Fsp3) is 0.261. The molecule has 0 amide bonds. The lowest BCUT2D eigenvalue weighted by Gasteiger charge is -2.13. The Bertz CT molecular complexity index is 1050. The summed E-state index contributed by atoms with van der Waals surface area (Å²) in [5.74, 6) is 0.941. The van der Waals surface area contributed by atoms with Crippen LogP contribution in [0.1, 0.15) is 29.3 Å². The van der Waals surface area contributed by atoms with Crippen LogP contribution in [0, 0.1) is 6.92 Å². The first-order valence-corrected chi connectivity index (χ1v) is 10.7. The average molecular weight is 440 g/mol. The maximum absolute atomic E-state index is 11.6. The van der Waals surface area contributed by atoms with Crippen molar-refractivity contribution in [3.8, 4) is 11.5 Å². The summed E-state index contributed by atoms with van der Waals surface area (Å²) in [6.45, 7) is 4.60. The second-order valence-electron chi connectivity index (χ2n) is 6.65. The van der Waals surface area contributed by atoms with E-state index in [1.54, 1.807) is 25.6 Å². The molecule has 0 saturated carbocycles. The highest BCUT2D eigenvalue weighted by Gasteiger charge is 2.11. The van der Waals surface area contributed by atoms with Gasteiger partial charge in [-0.3, -0.25) is 10.2 Å². The molecule has 1 aromatic heterocycles. The summed E-state index contributed by atoms with van der Waals surface area (Å²) in [7, 11) is 1.61. The van der Waals surface area contributed by atoms with Crippen molar-refractivity contribution in [2.45, 2.75) is 26.9 Å². The van der Waals surface area contributed by atoms with Crippen LogP contribution in [0.5, 0.6) is 11.5 Å². The summed E-state index contributed by atoms with van der Waals surface area (Å²) in [5, 5.41) is 6.65. The number of esters is 1. The minimum atomic E-state index is -0.297. The normalized spacial score (nSPS) is 10.8. The van der Waals surface area contributed by atoms with E-state index in [9.17, 15) is 4.79 Å². The van der Waals surface area contributed by atoms with Gasteiger partial charge in [0.25, 0.3) is 0 Å². The molecule has 0 fully saturated rings. The summed E-state index contributed by atoms with van der Waals surface area (Å²) in [6.07, 6.45) is 1.79. The number of carbonyl (C=O) groups is 1. The van der Waals surface area contributed by atoms with E-state index in [1.165, 1.54) is 16.9 Å². The van der Waals surface area contributed by atoms with E-state index in [0.29, 0.717) is 35.5 Å². The molecule has 8 heteroatoms. The van der Waals surface area contributed by atoms with Crippen molar-refractivity contribution in [1.82, 2.24) is 4.98 Å². The van der Waals surface area contributed by atoms with Crippen LogP contribution in [0.2, 0.25) is 0 Å². The lowest BCUT2D eigenvalue weighted by Crippen LogP contribution is -2.07. The standard InChI is InChI=1S/C23H25N3O4S/c1-4-29-21(27)12-19-15-31-23(25-19)26-24-13-18-9-6-10-20(28-3)22(18)30-14-17-8-5-7-16(2)11-17/h5-11,13,15H,4,12,14H2,1-3H3,(H,25,26)/b24-13-. The number of hydrazone groups is 1. The summed E-state index contributed by atoms with van der Waals surface area (Å²) < 4.78 is 16.5. The average Bonchev–Trinajstić information content (AvgIpc) is 3.19. The number of aromatic nitrogens is 1. The van der Waals surface area contributed by atoms with E-state index in [0.717, 1.165) is 11.1 Å². The Labute approximate surface area is 185 Å². The minimum Gasteiger partial charge on any atom is -0.493 e. The van der Waals surface area contributed by atoms with Gasteiger partial charge < -0.3 is 14.2 Å². The maximum Gasteiger partial charge on any atom is 0.311 e. The number of aryl methyl sites for hydroxylation is 1. The second kappa shape index (κ2) is 11.1. The molecule has 0 aliphatic heterocycles. The van der Waals surface area contributed by atoms with Crippen LogP contribution in [0.4, 0.5) is 5.13 Å². The number of methoxy groups -OCH3 is 1. The van der Waals surface area contributed by atoms with E-state index in [2.05, 4.69) is 21.6 Å². The summed E-state index contributed by atoms with van der Waals surface area (Å²) >= 11 is 1.37. The first-order chi connectivity index (χ1) is 15.1. The molecule has 1 N–H and O–H groups in total. The van der Waals surface area contributed by atoms with Gasteiger partial charge in [0.15, 0.2) is 11.5 Å². The molecule has 0 bridgehead atoms. The Morgan fingerprint density at radius 1 is 1.26 bits per heavy atom. The Hall–Kier alpha value is -3.39. The van der Waals surface area contributed by atoms with Gasteiger partial charge in [-0.2, -0.15) is 5.10 Å². The summed E-state index contributed by atoms with van der Waals surface area (Å²) in [5.41, 5.74) is 6.55. The molecule has 162 valence electrons. The quantitative estimate of drug-likeness (QED) is 0.283. The van der Waals surface area contributed by atoms with Gasteiger partial charge >= 0.3 is 5.97 Å². The highest BCUT2D eigenvalue weighted by Crippen LogP contribution is 2.31. The minimum absolute atomic E-state index is 0.141. The monoisotopic (exact) mass is 439 g/mol. The fourth-order valence-corrected chi connectivity index (χ4v) is 3.52. The number of para-hydroxylation sites is 1. The molecular weight excluding hydrogens is 414 g/mol. The molecular formula is C23H25N3O4S. The predicted molar refractivity (Wildman–Crippen MR) is 122 cm³/mol. The third kappa shape index (κ3) is 6.55. The van der Waals surface area contributed by atoms with Crippen LogP contribution >= 0.6 is 11.3 Å². The van der Waals surface area contributed by atoms with Gasteiger partial charge in [-0.15, -0.1) is 11.3 Å². The van der Waals surface area contributed by atoms with Crippen LogP contribution < -0.4 is 14.9 Å². The molecule has 0 saturated heterocycles. The van der Waals surface area contributed by atoms with E-state index < -0.39 is 0 Å². The first kappa shape index (κ1) is 22.3. The first-order valence-electron chi connectivity index (χ1n) is 9.83. The third-order valence-electron chi connectivity index (χ3n) is 4.24. The van der Waals surface area contributed by atoms with Crippen LogP contribution in [-0.2, 0) is 22.6 Å². The molecule has 7 nitrogen and oxygen atoms in total. The van der Waals surface area contributed by atoms with E-state index >= 15 is 0 Å². The van der Waals surface area contributed by atoms with Crippen molar-refractivity contribution in [1.29, 1.82) is 0 Å². The predicted octanol–water partition coefficient (Wildman–Crippen LogP) is 4.59. The second-order valence-corrected chi connectivity index (χ2v) is 7.51. The maximum atomic E-state index is 11.6. The summed E-state index contributed by atoms with van der Waals surface area (Å²) in [6, 6.07) is 13.8. The highest BCUT2D eigenvalue weighted by atomic mass is 32.1. The smallest absolute Gasteiger partial charge is 0.311 e. The van der Waals surface area contributed by atoms with Crippen LogP contribution in [-0.4, -0.2) is 30.9 Å². The molecule has 1 heterocycles. The van der Waals surface area contributed by atoms with Crippen molar-refractivity contribution in [3.05, 3.63) is 70.2 Å². The molecule has 0 radical (unpaired) electrons. The Kier molecular flexibility index (Phi) is 8.00. The SMILES string of the molecule is CCOC(=O)Cc1csc(N/N=C\c2cccc(OC)c2OCc2cccc(C)c2)n1. The van der Waals surface area contributed by atoms with E-state index in [4.69, 9.17) is 14.2 Å². The zero-order chi connectivity index (χ0) is 22.1. The highest BCUT2D eigenvalue weighted by molar-refractivity contribution is 7.13. The molecule has 31 heavy (non-hydrogen) atoms. The fourth-order valence-electron chi connectivity index (χ4n) is 2.86. The van der Waals surface area contributed by atoms with Crippen molar-refractivity contribution in [2.24, 2.45) is 5.10 Å². The number of rotatable bonds is 10. The molecule has 0 unspecified atom stereocenters. The van der Waals surface area contributed by atoms with Gasteiger partial charge in [-0.1, -0.05) is 35.9 Å². The molecule has 0 aliphatic rings. The number of nitrogens with one attached hydrogen (secondary N) is 1. The third-order valence-corrected chi connectivity index (χ3v) is 5.04. The number of anilines is 1. The Morgan fingerprint density at radius 2 is 2.10 bits per heavy atom. The van der Waals surface area contributed by atoms with Gasteiger partial charge in [0.05, 0.1) is 32.0 Å². The van der Waals surface area contributed by atoms with Crippen LogP contribution in [0.25, 0.3) is 0 Å². The number of ether oxygens (including phenoxy) is 3. The van der Waals surface area contributed by atoms with Gasteiger partial charge in [-0.05, 0) is 31.5 Å². The Balaban J connectivity index is 1.67. The van der Waals surface area contributed by atoms with Crippen LogP contribution in [0.15, 0.2) is 52.9 Å². The van der Waals surface area contributed by atoms with Crippen molar-refractivity contribution < 1.29 is 19.0 Å². The summed E-state index contributed by atoms with van der Waals surface area (Å²) in [4.78, 5) is 15.9. The van der Waals surface area contributed by atoms with Gasteiger partial charge in [0, 0.05) is 10.9 Å². The van der Waals surface area contributed by atoms with Gasteiger partial charge in [0.2, 0.25) is 5.13 Å². The molecule has 0 atom stereocenters. The Morgan fingerprint density at radius 3 is 2.87 bits per heavy atom. The van der Waals surface area contributed by atoms with E-state index in [-0.39, 0.29) is 12.4 Å². The number of nitrogens with zero attached hydrogens (tertiary/aromatic N) is 2. The number of thiazole rings is 1. The van der Waals surface area contributed by atoms with E-state index in [1.807, 2.05) is 43.3 Å². The van der Waals surface area contributed by atoms with Gasteiger partial charge in [-0.25, -0.2) is 4.98 Å². The van der Waals surface area contributed by atoms with Crippen molar-refractivity contribution in [2.75, 3.05) is 19.1 Å². The zero-order valence-electron chi connectivity index (χ0n) is 17.8. The number of benzene rings is 2. The number of carbonyl (C=O) groups excluding carboxylic acids is 1.